The molecule has 2 aliphatic rings. The van der Waals surface area contributed by atoms with Crippen LogP contribution in [-0.2, 0) is 0 Å². The van der Waals surface area contributed by atoms with E-state index in [0.717, 1.165) is 44.4 Å². The molecule has 10 nitrogen and oxygen atoms in total. The fourth-order valence-electron chi connectivity index (χ4n) is 4.18. The first-order valence-corrected chi connectivity index (χ1v) is 11.6. The van der Waals surface area contributed by atoms with Gasteiger partial charge in [-0.1, -0.05) is 12.1 Å². The van der Waals surface area contributed by atoms with Crippen molar-refractivity contribution in [2.45, 2.75) is 6.92 Å². The van der Waals surface area contributed by atoms with E-state index in [-0.39, 0.29) is 12.6 Å². The summed E-state index contributed by atoms with van der Waals surface area (Å²) in [4.78, 5) is 21.2. The molecule has 0 saturated carbocycles. The van der Waals surface area contributed by atoms with Gasteiger partial charge < -0.3 is 29.9 Å². The van der Waals surface area contributed by atoms with Crippen LogP contribution in [0.15, 0.2) is 36.4 Å². The number of hydrogen-bond acceptors (Lipinski definition) is 8. The Kier molecular flexibility index (Phi) is 7.79. The van der Waals surface area contributed by atoms with Crippen molar-refractivity contribution in [2.75, 3.05) is 87.2 Å². The fraction of sp³-hybridized carbons (Fsp3) is 0.522. The number of rotatable bonds is 7. The summed E-state index contributed by atoms with van der Waals surface area (Å²) in [7, 11) is 0. The van der Waals surface area contributed by atoms with Gasteiger partial charge in [-0.05, 0) is 31.2 Å². The number of urea groups is 1. The fourth-order valence-corrected chi connectivity index (χ4v) is 4.18. The molecule has 2 aliphatic heterocycles. The van der Waals surface area contributed by atoms with Gasteiger partial charge in [-0.25, -0.2) is 4.79 Å². The number of nitrogens with one attached hydrogen (secondary N) is 1. The van der Waals surface area contributed by atoms with Gasteiger partial charge >= 0.3 is 6.03 Å². The first-order chi connectivity index (χ1) is 16.2. The van der Waals surface area contributed by atoms with Crippen LogP contribution >= 0.6 is 0 Å². The third kappa shape index (κ3) is 5.82. The van der Waals surface area contributed by atoms with Crippen molar-refractivity contribution in [1.82, 2.24) is 20.0 Å². The number of piperazine rings is 2. The molecule has 1 aromatic carbocycles. The van der Waals surface area contributed by atoms with E-state index in [4.69, 9.17) is 9.84 Å². The Bertz CT molecular complexity index is 895. The van der Waals surface area contributed by atoms with E-state index in [1.807, 2.05) is 48.2 Å². The Morgan fingerprint density at radius 3 is 2.12 bits per heavy atom. The van der Waals surface area contributed by atoms with E-state index >= 15 is 0 Å². The zero-order chi connectivity index (χ0) is 23.0. The van der Waals surface area contributed by atoms with E-state index in [1.54, 1.807) is 0 Å². The first kappa shape index (κ1) is 23.1. The maximum atomic E-state index is 12.7. The summed E-state index contributed by atoms with van der Waals surface area (Å²) in [5.41, 5.74) is 0.686. The molecule has 1 aromatic heterocycles. The molecule has 10 heteroatoms. The number of amides is 2. The molecule has 0 spiro atoms. The van der Waals surface area contributed by atoms with E-state index in [2.05, 4.69) is 30.2 Å². The third-order valence-electron chi connectivity index (χ3n) is 6.07. The zero-order valence-corrected chi connectivity index (χ0v) is 19.2. The van der Waals surface area contributed by atoms with Crippen molar-refractivity contribution >= 4 is 23.4 Å². The largest absolute Gasteiger partial charge is 0.492 e. The summed E-state index contributed by atoms with van der Waals surface area (Å²) in [6, 6.07) is 11.4. The van der Waals surface area contributed by atoms with Crippen molar-refractivity contribution in [3.05, 3.63) is 36.4 Å². The van der Waals surface area contributed by atoms with Gasteiger partial charge in [0.25, 0.3) is 0 Å². The van der Waals surface area contributed by atoms with Gasteiger partial charge in [-0.3, -0.25) is 4.90 Å². The van der Waals surface area contributed by atoms with Crippen molar-refractivity contribution in [3.8, 4) is 5.75 Å². The minimum absolute atomic E-state index is 0.122. The van der Waals surface area contributed by atoms with Crippen LogP contribution in [0.25, 0.3) is 0 Å². The number of para-hydroxylation sites is 2. The minimum Gasteiger partial charge on any atom is -0.492 e. The highest BCUT2D eigenvalue weighted by Crippen LogP contribution is 2.24. The minimum atomic E-state index is -0.122. The van der Waals surface area contributed by atoms with Crippen LogP contribution in [0.5, 0.6) is 5.75 Å². The van der Waals surface area contributed by atoms with Gasteiger partial charge in [0, 0.05) is 58.9 Å². The summed E-state index contributed by atoms with van der Waals surface area (Å²) in [6.07, 6.45) is 0. The second-order valence-corrected chi connectivity index (χ2v) is 8.14. The van der Waals surface area contributed by atoms with Crippen molar-refractivity contribution in [1.29, 1.82) is 0 Å². The number of carbonyl (C=O) groups is 1. The quantitative estimate of drug-likeness (QED) is 0.646. The van der Waals surface area contributed by atoms with Crippen LogP contribution in [0.4, 0.5) is 22.1 Å². The van der Waals surface area contributed by atoms with E-state index in [9.17, 15) is 4.79 Å². The lowest BCUT2D eigenvalue weighted by Crippen LogP contribution is -2.50. The van der Waals surface area contributed by atoms with Gasteiger partial charge in [-0.2, -0.15) is 0 Å². The number of aliphatic hydroxyl groups is 1. The number of β-amino-alcohol motifs (C(OH)–C–C–N with tert-alkyl or cyclic N) is 1. The summed E-state index contributed by atoms with van der Waals surface area (Å²) in [6.45, 7) is 9.62. The van der Waals surface area contributed by atoms with Crippen LogP contribution in [0.2, 0.25) is 0 Å². The number of aromatic nitrogens is 2. The molecule has 0 unspecified atom stereocenters. The Labute approximate surface area is 194 Å². The molecule has 4 rings (SSSR count). The predicted octanol–water partition coefficient (Wildman–Crippen LogP) is 1.34. The van der Waals surface area contributed by atoms with Gasteiger partial charge in [-0.15, -0.1) is 10.2 Å². The molecule has 3 heterocycles. The second kappa shape index (κ2) is 11.2. The average Bonchev–Trinajstić information content (AvgIpc) is 2.86. The number of hydrogen-bond donors (Lipinski definition) is 2. The molecule has 2 fully saturated rings. The Hall–Kier alpha value is -3.11. The van der Waals surface area contributed by atoms with Crippen molar-refractivity contribution in [3.63, 3.8) is 0 Å². The SMILES string of the molecule is CCOc1ccccc1NC(=O)N1CCN(c2ccc(N3CCN(CCO)CC3)nn2)CC1. The molecule has 2 saturated heterocycles. The van der Waals surface area contributed by atoms with E-state index in [1.165, 1.54) is 0 Å². The van der Waals surface area contributed by atoms with Gasteiger partial charge in [0.15, 0.2) is 11.6 Å². The lowest BCUT2D eigenvalue weighted by molar-refractivity contribution is 0.188. The third-order valence-corrected chi connectivity index (χ3v) is 6.07. The van der Waals surface area contributed by atoms with Crippen LogP contribution < -0.4 is 19.9 Å². The number of anilines is 3. The monoisotopic (exact) mass is 455 g/mol. The number of aliphatic hydroxyl groups excluding tert-OH is 1. The number of ether oxygens (including phenoxy) is 1. The Balaban J connectivity index is 1.27. The van der Waals surface area contributed by atoms with Crippen LogP contribution in [0.3, 0.4) is 0 Å². The first-order valence-electron chi connectivity index (χ1n) is 11.6. The highest BCUT2D eigenvalue weighted by atomic mass is 16.5. The molecule has 33 heavy (non-hydrogen) atoms. The average molecular weight is 456 g/mol. The van der Waals surface area contributed by atoms with Gasteiger partial charge in [0.1, 0.15) is 5.75 Å². The van der Waals surface area contributed by atoms with Crippen LogP contribution in [0, 0.1) is 0 Å². The van der Waals surface area contributed by atoms with Gasteiger partial charge in [0.2, 0.25) is 0 Å². The Morgan fingerprint density at radius 2 is 1.55 bits per heavy atom. The molecule has 0 radical (unpaired) electrons. The highest BCUT2D eigenvalue weighted by molar-refractivity contribution is 5.91. The number of benzene rings is 1. The molecular weight excluding hydrogens is 422 g/mol. The molecule has 0 atom stereocenters. The molecule has 2 amide bonds. The summed E-state index contributed by atoms with van der Waals surface area (Å²) < 4.78 is 5.60. The predicted molar refractivity (Wildman–Crippen MR) is 128 cm³/mol. The smallest absolute Gasteiger partial charge is 0.322 e. The molecule has 178 valence electrons. The number of nitrogens with zero attached hydrogens (tertiary/aromatic N) is 6. The Morgan fingerprint density at radius 1 is 0.939 bits per heavy atom. The lowest BCUT2D eigenvalue weighted by Gasteiger charge is -2.36. The normalized spacial score (nSPS) is 17.2. The maximum absolute atomic E-state index is 12.7. The van der Waals surface area contributed by atoms with E-state index < -0.39 is 0 Å². The molecule has 2 N–H and O–H groups in total. The van der Waals surface area contributed by atoms with Crippen molar-refractivity contribution in [2.24, 2.45) is 0 Å². The zero-order valence-electron chi connectivity index (χ0n) is 19.2. The standard InChI is InChI=1S/C23H33N7O3/c1-2-33-20-6-4-3-5-19(20)24-23(32)30-15-13-29(14-16-30)22-8-7-21(25-26-22)28-11-9-27(10-12-28)17-18-31/h3-8,31H,2,9-18H2,1H3,(H,24,32). The highest BCUT2D eigenvalue weighted by Gasteiger charge is 2.23. The maximum Gasteiger partial charge on any atom is 0.322 e. The summed E-state index contributed by atoms with van der Waals surface area (Å²) in [5.74, 6) is 2.39. The summed E-state index contributed by atoms with van der Waals surface area (Å²) in [5, 5.41) is 20.9. The molecular formula is C23H33N7O3. The summed E-state index contributed by atoms with van der Waals surface area (Å²) >= 11 is 0. The van der Waals surface area contributed by atoms with Crippen LogP contribution in [-0.4, -0.2) is 103 Å². The molecule has 0 aliphatic carbocycles. The topological polar surface area (TPSA) is 97.3 Å². The van der Waals surface area contributed by atoms with Gasteiger partial charge in [0.05, 0.1) is 18.9 Å². The van der Waals surface area contributed by atoms with Crippen LogP contribution in [0.1, 0.15) is 6.92 Å². The van der Waals surface area contributed by atoms with E-state index in [0.29, 0.717) is 44.2 Å². The second-order valence-electron chi connectivity index (χ2n) is 8.14. The molecule has 2 aromatic rings. The van der Waals surface area contributed by atoms with Crippen molar-refractivity contribution < 1.29 is 14.6 Å². The molecule has 0 bridgehead atoms. The number of carbonyl (C=O) groups excluding carboxylic acids is 1. The lowest BCUT2D eigenvalue weighted by atomic mass is 10.3.